The molecule has 5 nitrogen and oxygen atoms in total. The highest BCUT2D eigenvalue weighted by Crippen LogP contribution is 2.32. The van der Waals surface area contributed by atoms with Crippen molar-refractivity contribution in [2.75, 3.05) is 20.1 Å². The number of carbonyl (C=O) groups is 2. The number of hydrogen-bond acceptors (Lipinski definition) is 4. The lowest BCUT2D eigenvalue weighted by atomic mass is 9.88. The number of rotatable bonds is 4. The first-order chi connectivity index (χ1) is 9.92. The lowest BCUT2D eigenvalue weighted by molar-refractivity contribution is -0.140. The number of nitrogens with zero attached hydrogens (tertiary/aromatic N) is 1. The number of piperidine rings is 1. The molecule has 1 fully saturated rings. The fourth-order valence-electron chi connectivity index (χ4n) is 2.52. The van der Waals surface area contributed by atoms with Crippen molar-refractivity contribution >= 4 is 24.5 Å². The summed E-state index contributed by atoms with van der Waals surface area (Å²) in [5, 5.41) is 12.1. The van der Waals surface area contributed by atoms with Gasteiger partial charge in [-0.1, -0.05) is 18.2 Å². The molecule has 2 rings (SSSR count). The van der Waals surface area contributed by atoms with E-state index in [-0.39, 0.29) is 5.91 Å². The predicted molar refractivity (Wildman–Crippen MR) is 83.8 cm³/mol. The maximum Gasteiger partial charge on any atom is 0.327 e. The smallest absolute Gasteiger partial charge is 0.327 e. The number of carboxylic acids is 1. The molecular formula is C15H20N2O3S. The van der Waals surface area contributed by atoms with Gasteiger partial charge in [0, 0.05) is 10.3 Å². The number of carbonyl (C=O) groups excluding carboxylic acids is 1. The number of amides is 1. The molecule has 1 amide bonds. The number of benzene rings is 1. The molecule has 6 heteroatoms. The van der Waals surface area contributed by atoms with Gasteiger partial charge in [-0.25, -0.2) is 4.79 Å². The van der Waals surface area contributed by atoms with E-state index < -0.39 is 16.8 Å². The van der Waals surface area contributed by atoms with Gasteiger partial charge in [0.25, 0.3) is 5.91 Å². The predicted octanol–water partition coefficient (Wildman–Crippen LogP) is 1.26. The molecule has 21 heavy (non-hydrogen) atoms. The third-order valence-corrected chi connectivity index (χ3v) is 4.65. The van der Waals surface area contributed by atoms with Crippen molar-refractivity contribution < 1.29 is 14.7 Å². The average molecular weight is 308 g/mol. The molecule has 114 valence electrons. The van der Waals surface area contributed by atoms with Crippen LogP contribution in [0.15, 0.2) is 30.3 Å². The average Bonchev–Trinajstić information content (AvgIpc) is 2.48. The molecule has 1 unspecified atom stereocenters. The van der Waals surface area contributed by atoms with Crippen LogP contribution in [-0.4, -0.2) is 52.8 Å². The molecule has 1 saturated heterocycles. The van der Waals surface area contributed by atoms with Crippen LogP contribution in [0.2, 0.25) is 0 Å². The van der Waals surface area contributed by atoms with E-state index >= 15 is 0 Å². The molecule has 0 aromatic heterocycles. The Morgan fingerprint density at radius 2 is 1.86 bits per heavy atom. The fraction of sp³-hybridized carbons (Fsp3) is 0.467. The van der Waals surface area contributed by atoms with E-state index in [9.17, 15) is 14.7 Å². The monoisotopic (exact) mass is 308 g/mol. The number of thiol groups is 1. The van der Waals surface area contributed by atoms with Crippen LogP contribution >= 0.6 is 12.6 Å². The second-order valence-electron chi connectivity index (χ2n) is 5.52. The Morgan fingerprint density at radius 3 is 2.38 bits per heavy atom. The van der Waals surface area contributed by atoms with Gasteiger partial charge in [0.15, 0.2) is 0 Å². The number of aliphatic carboxylic acids is 1. The van der Waals surface area contributed by atoms with Gasteiger partial charge in [0.05, 0.1) is 0 Å². The van der Waals surface area contributed by atoms with Crippen molar-refractivity contribution in [1.82, 2.24) is 10.2 Å². The zero-order chi connectivity index (χ0) is 15.5. The molecule has 0 radical (unpaired) electrons. The third kappa shape index (κ3) is 3.77. The second-order valence-corrected chi connectivity index (χ2v) is 6.41. The first kappa shape index (κ1) is 15.9. The number of likely N-dealkylation sites (tertiary alicyclic amines) is 1. The minimum atomic E-state index is -1.04. The Balaban J connectivity index is 2.13. The summed E-state index contributed by atoms with van der Waals surface area (Å²) in [7, 11) is 1.99. The highest BCUT2D eigenvalue weighted by Gasteiger charge is 2.43. The molecule has 0 aliphatic carbocycles. The maximum atomic E-state index is 12.2. The van der Waals surface area contributed by atoms with E-state index in [2.05, 4.69) is 22.8 Å². The van der Waals surface area contributed by atoms with Gasteiger partial charge in [-0.3, -0.25) is 4.79 Å². The summed E-state index contributed by atoms with van der Waals surface area (Å²) >= 11 is 4.59. The molecule has 1 aliphatic heterocycles. The summed E-state index contributed by atoms with van der Waals surface area (Å²) in [6, 6.07) is 7.63. The Labute approximate surface area is 129 Å². The summed E-state index contributed by atoms with van der Waals surface area (Å²) < 4.78 is -0.719. The third-order valence-electron chi connectivity index (χ3n) is 3.95. The van der Waals surface area contributed by atoms with Gasteiger partial charge in [0.2, 0.25) is 0 Å². The molecule has 1 aliphatic rings. The molecule has 0 saturated carbocycles. The number of hydrogen-bond donors (Lipinski definition) is 3. The molecular weight excluding hydrogens is 288 g/mol. The molecule has 2 N–H and O–H groups in total. The summed E-state index contributed by atoms with van der Waals surface area (Å²) in [5.41, 5.74) is 0.452. The van der Waals surface area contributed by atoms with Crippen molar-refractivity contribution in [3.63, 3.8) is 0 Å². The van der Waals surface area contributed by atoms with E-state index in [1.807, 2.05) is 13.1 Å². The van der Waals surface area contributed by atoms with Crippen molar-refractivity contribution in [3.8, 4) is 0 Å². The van der Waals surface area contributed by atoms with Gasteiger partial charge in [0.1, 0.15) is 6.04 Å². The molecule has 0 bridgehead atoms. The van der Waals surface area contributed by atoms with Crippen LogP contribution in [0.4, 0.5) is 0 Å². The zero-order valence-corrected chi connectivity index (χ0v) is 12.8. The summed E-state index contributed by atoms with van der Waals surface area (Å²) in [4.78, 5) is 25.9. The van der Waals surface area contributed by atoms with Crippen molar-refractivity contribution in [2.24, 2.45) is 0 Å². The normalized spacial score (nSPS) is 19.7. The molecule has 1 aromatic carbocycles. The van der Waals surface area contributed by atoms with Crippen LogP contribution in [0.25, 0.3) is 0 Å². The van der Waals surface area contributed by atoms with E-state index in [4.69, 9.17) is 0 Å². The standard InChI is InChI=1S/C15H20N2O3S/c1-17-9-7-15(21,8-10-17)12(14(19)20)16-13(18)11-5-3-2-4-6-11/h2-6,12,21H,7-10H2,1H3,(H,16,18)(H,19,20). The summed E-state index contributed by atoms with van der Waals surface area (Å²) in [6.45, 7) is 1.54. The van der Waals surface area contributed by atoms with Crippen molar-refractivity contribution in [3.05, 3.63) is 35.9 Å². The second kappa shape index (κ2) is 6.49. The fourth-order valence-corrected chi connectivity index (χ4v) is 2.90. The van der Waals surface area contributed by atoms with E-state index in [1.54, 1.807) is 24.3 Å². The largest absolute Gasteiger partial charge is 0.480 e. The van der Waals surface area contributed by atoms with Crippen LogP contribution in [0, 0.1) is 0 Å². The lowest BCUT2D eigenvalue weighted by Gasteiger charge is -2.40. The van der Waals surface area contributed by atoms with Gasteiger partial charge < -0.3 is 15.3 Å². The topological polar surface area (TPSA) is 69.6 Å². The van der Waals surface area contributed by atoms with Crippen LogP contribution in [0.3, 0.4) is 0 Å². The highest BCUT2D eigenvalue weighted by molar-refractivity contribution is 7.82. The Morgan fingerprint density at radius 1 is 1.29 bits per heavy atom. The van der Waals surface area contributed by atoms with E-state index in [0.29, 0.717) is 18.4 Å². The molecule has 1 atom stereocenters. The quantitative estimate of drug-likeness (QED) is 0.733. The number of nitrogens with one attached hydrogen (secondary N) is 1. The minimum absolute atomic E-state index is 0.379. The lowest BCUT2D eigenvalue weighted by Crippen LogP contribution is -2.57. The van der Waals surface area contributed by atoms with Crippen molar-refractivity contribution in [2.45, 2.75) is 23.6 Å². The maximum absolute atomic E-state index is 12.2. The van der Waals surface area contributed by atoms with Crippen molar-refractivity contribution in [1.29, 1.82) is 0 Å². The summed E-state index contributed by atoms with van der Waals surface area (Å²) in [6.07, 6.45) is 1.25. The minimum Gasteiger partial charge on any atom is -0.480 e. The Bertz CT molecular complexity index is 513. The Kier molecular flexibility index (Phi) is 4.90. The van der Waals surface area contributed by atoms with Gasteiger partial charge in [-0.15, -0.1) is 0 Å². The van der Waals surface area contributed by atoms with Crippen LogP contribution in [0.1, 0.15) is 23.2 Å². The van der Waals surface area contributed by atoms with E-state index in [1.165, 1.54) is 0 Å². The SMILES string of the molecule is CN1CCC(S)(C(NC(=O)c2ccccc2)C(=O)O)CC1. The summed E-state index contributed by atoms with van der Waals surface area (Å²) in [5.74, 6) is -1.42. The highest BCUT2D eigenvalue weighted by atomic mass is 32.1. The van der Waals surface area contributed by atoms with Crippen LogP contribution in [0.5, 0.6) is 0 Å². The first-order valence-corrected chi connectivity index (χ1v) is 7.37. The van der Waals surface area contributed by atoms with Gasteiger partial charge in [-0.2, -0.15) is 12.6 Å². The molecule has 0 spiro atoms. The molecule has 1 heterocycles. The van der Waals surface area contributed by atoms with Crippen LogP contribution in [-0.2, 0) is 4.79 Å². The number of carboxylic acid groups (broad SMARTS) is 1. The van der Waals surface area contributed by atoms with Gasteiger partial charge >= 0.3 is 5.97 Å². The Hall–Kier alpha value is -1.53. The molecule has 1 aromatic rings. The van der Waals surface area contributed by atoms with E-state index in [0.717, 1.165) is 13.1 Å². The zero-order valence-electron chi connectivity index (χ0n) is 12.0. The van der Waals surface area contributed by atoms with Gasteiger partial charge in [-0.05, 0) is 45.1 Å². The first-order valence-electron chi connectivity index (χ1n) is 6.92. The van der Waals surface area contributed by atoms with Crippen LogP contribution < -0.4 is 5.32 Å².